The van der Waals surface area contributed by atoms with Gasteiger partial charge in [0.15, 0.2) is 5.65 Å². The van der Waals surface area contributed by atoms with E-state index in [1.165, 1.54) is 12.1 Å². The summed E-state index contributed by atoms with van der Waals surface area (Å²) in [5.41, 5.74) is 2.63. The van der Waals surface area contributed by atoms with Gasteiger partial charge < -0.3 is 0 Å². The fraction of sp³-hybridized carbons (Fsp3) is 0.150. The van der Waals surface area contributed by atoms with Gasteiger partial charge in [0.05, 0.1) is 17.4 Å². The van der Waals surface area contributed by atoms with Gasteiger partial charge in [-0.1, -0.05) is 6.07 Å². The second-order valence-corrected chi connectivity index (χ2v) is 6.86. The summed E-state index contributed by atoms with van der Waals surface area (Å²) in [5, 5.41) is 16.7. The third-order valence-electron chi connectivity index (χ3n) is 4.80. The standard InChI is InChI=1S/C20H15F2N7/c1-12-8-15(9-13-4-3-7-23-18(12)13)20(21,22)19-26-25-17-6-5-16(27-29(17)19)14-10-24-28(2)11-14/h3-11H,1-2H3. The van der Waals surface area contributed by atoms with Gasteiger partial charge in [-0.25, -0.2) is 0 Å². The molecule has 9 heteroatoms. The molecule has 144 valence electrons. The van der Waals surface area contributed by atoms with Crippen LogP contribution in [0.1, 0.15) is 17.0 Å². The number of pyridine rings is 1. The maximum absolute atomic E-state index is 15.5. The molecule has 0 fully saturated rings. The van der Waals surface area contributed by atoms with Crippen LogP contribution in [-0.2, 0) is 13.0 Å². The minimum absolute atomic E-state index is 0.182. The molecule has 0 saturated carbocycles. The second kappa shape index (κ2) is 6.13. The average molecular weight is 391 g/mol. The number of fused-ring (bicyclic) bond motifs is 2. The van der Waals surface area contributed by atoms with Gasteiger partial charge in [0.1, 0.15) is 0 Å². The Morgan fingerprint density at radius 3 is 2.72 bits per heavy atom. The number of benzene rings is 1. The predicted molar refractivity (Wildman–Crippen MR) is 102 cm³/mol. The number of nitrogens with zero attached hydrogens (tertiary/aromatic N) is 7. The molecule has 4 aromatic heterocycles. The van der Waals surface area contributed by atoms with E-state index in [2.05, 4.69) is 25.4 Å². The van der Waals surface area contributed by atoms with Crippen LogP contribution in [0.3, 0.4) is 0 Å². The van der Waals surface area contributed by atoms with Crippen LogP contribution in [0.2, 0.25) is 0 Å². The van der Waals surface area contributed by atoms with Crippen molar-refractivity contribution in [1.82, 2.24) is 34.6 Å². The van der Waals surface area contributed by atoms with Crippen molar-refractivity contribution < 1.29 is 8.78 Å². The van der Waals surface area contributed by atoms with Gasteiger partial charge in [0, 0.05) is 36.0 Å². The van der Waals surface area contributed by atoms with Crippen molar-refractivity contribution in [2.24, 2.45) is 7.05 Å². The topological polar surface area (TPSA) is 73.8 Å². The fourth-order valence-electron chi connectivity index (χ4n) is 3.38. The Kier molecular flexibility index (Phi) is 3.67. The summed E-state index contributed by atoms with van der Waals surface area (Å²) in [6.45, 7) is 1.76. The summed E-state index contributed by atoms with van der Waals surface area (Å²) in [4.78, 5) is 4.27. The molecule has 0 radical (unpaired) electrons. The minimum atomic E-state index is -3.39. The van der Waals surface area contributed by atoms with Crippen LogP contribution in [0.4, 0.5) is 8.78 Å². The molecule has 1 aromatic carbocycles. The molecule has 0 saturated heterocycles. The highest BCUT2D eigenvalue weighted by atomic mass is 19.3. The Hall–Kier alpha value is -3.75. The van der Waals surface area contributed by atoms with E-state index >= 15 is 8.78 Å². The van der Waals surface area contributed by atoms with Gasteiger partial charge in [0.25, 0.3) is 0 Å². The third-order valence-corrected chi connectivity index (χ3v) is 4.80. The maximum atomic E-state index is 15.5. The van der Waals surface area contributed by atoms with Crippen molar-refractivity contribution >= 4 is 16.6 Å². The van der Waals surface area contributed by atoms with E-state index in [0.717, 1.165) is 4.52 Å². The van der Waals surface area contributed by atoms with Crippen LogP contribution in [0.15, 0.2) is 55.0 Å². The summed E-state index contributed by atoms with van der Waals surface area (Å²) in [5.74, 6) is -3.93. The lowest BCUT2D eigenvalue weighted by Crippen LogP contribution is -2.20. The Labute approximate surface area is 163 Å². The van der Waals surface area contributed by atoms with E-state index < -0.39 is 11.7 Å². The van der Waals surface area contributed by atoms with Gasteiger partial charge in [-0.2, -0.15) is 23.5 Å². The van der Waals surface area contributed by atoms with Crippen LogP contribution >= 0.6 is 0 Å². The number of aryl methyl sites for hydroxylation is 2. The molecule has 5 rings (SSSR count). The van der Waals surface area contributed by atoms with E-state index in [9.17, 15) is 0 Å². The Bertz CT molecular complexity index is 1370. The number of hydrogen-bond donors (Lipinski definition) is 0. The summed E-state index contributed by atoms with van der Waals surface area (Å²) in [6.07, 6.45) is 5.02. The molecule has 7 nitrogen and oxygen atoms in total. The Balaban J connectivity index is 1.68. The first-order valence-corrected chi connectivity index (χ1v) is 8.89. The van der Waals surface area contributed by atoms with Gasteiger partial charge in [-0.3, -0.25) is 9.67 Å². The van der Waals surface area contributed by atoms with Crippen LogP contribution in [0.25, 0.3) is 27.8 Å². The molecule has 0 amide bonds. The highest BCUT2D eigenvalue weighted by molar-refractivity contribution is 5.82. The quantitative estimate of drug-likeness (QED) is 0.470. The zero-order valence-electron chi connectivity index (χ0n) is 15.6. The first-order chi connectivity index (χ1) is 13.9. The smallest absolute Gasteiger partial charge is 0.275 e. The lowest BCUT2D eigenvalue weighted by Gasteiger charge is -2.16. The largest absolute Gasteiger partial charge is 0.333 e. The van der Waals surface area contributed by atoms with Crippen molar-refractivity contribution in [1.29, 1.82) is 0 Å². The number of aromatic nitrogens is 7. The van der Waals surface area contributed by atoms with Crippen LogP contribution in [-0.4, -0.2) is 34.6 Å². The lowest BCUT2D eigenvalue weighted by molar-refractivity contribution is 0.0307. The van der Waals surface area contributed by atoms with E-state index in [1.807, 2.05) is 0 Å². The fourth-order valence-corrected chi connectivity index (χ4v) is 3.38. The van der Waals surface area contributed by atoms with Gasteiger partial charge in [-0.15, -0.1) is 10.2 Å². The molecule has 0 N–H and O–H groups in total. The Morgan fingerprint density at radius 2 is 1.93 bits per heavy atom. The molecule has 29 heavy (non-hydrogen) atoms. The summed E-state index contributed by atoms with van der Waals surface area (Å²) >= 11 is 0. The Morgan fingerprint density at radius 1 is 1.07 bits per heavy atom. The van der Waals surface area contributed by atoms with Gasteiger partial charge >= 0.3 is 5.92 Å². The zero-order chi connectivity index (χ0) is 20.2. The number of hydrogen-bond acceptors (Lipinski definition) is 5. The van der Waals surface area contributed by atoms with Crippen molar-refractivity contribution in [2.75, 3.05) is 0 Å². The van der Waals surface area contributed by atoms with E-state index in [1.54, 1.807) is 61.5 Å². The molecule has 0 spiro atoms. The van der Waals surface area contributed by atoms with Gasteiger partial charge in [0.2, 0.25) is 5.82 Å². The number of halogens is 2. The van der Waals surface area contributed by atoms with E-state index in [-0.39, 0.29) is 11.2 Å². The van der Waals surface area contributed by atoms with Crippen LogP contribution < -0.4 is 0 Å². The summed E-state index contributed by atoms with van der Waals surface area (Å²) in [6, 6.07) is 9.66. The predicted octanol–water partition coefficient (Wildman–Crippen LogP) is 3.52. The molecule has 0 aliphatic rings. The maximum Gasteiger partial charge on any atom is 0.333 e. The van der Waals surface area contributed by atoms with E-state index in [4.69, 9.17) is 0 Å². The van der Waals surface area contributed by atoms with Gasteiger partial charge in [-0.05, 0) is 42.8 Å². The van der Waals surface area contributed by atoms with Crippen molar-refractivity contribution in [2.45, 2.75) is 12.8 Å². The average Bonchev–Trinajstić information content (AvgIpc) is 3.34. The first-order valence-electron chi connectivity index (χ1n) is 8.89. The van der Waals surface area contributed by atoms with Crippen LogP contribution in [0, 0.1) is 6.92 Å². The highest BCUT2D eigenvalue weighted by Gasteiger charge is 2.40. The third kappa shape index (κ3) is 2.74. The molecule has 0 aliphatic carbocycles. The molecule has 0 bridgehead atoms. The van der Waals surface area contributed by atoms with Crippen LogP contribution in [0.5, 0.6) is 0 Å². The highest BCUT2D eigenvalue weighted by Crippen LogP contribution is 2.36. The molecule has 0 unspecified atom stereocenters. The zero-order valence-corrected chi connectivity index (χ0v) is 15.6. The molecule has 4 heterocycles. The second-order valence-electron chi connectivity index (χ2n) is 6.86. The molecular weight excluding hydrogens is 376 g/mol. The molecule has 0 aliphatic heterocycles. The molecular formula is C20H15F2N7. The summed E-state index contributed by atoms with van der Waals surface area (Å²) in [7, 11) is 1.78. The number of rotatable bonds is 3. The van der Waals surface area contributed by atoms with Crippen molar-refractivity contribution in [3.05, 3.63) is 71.9 Å². The lowest BCUT2D eigenvalue weighted by atomic mass is 10.0. The van der Waals surface area contributed by atoms with E-state index in [0.29, 0.717) is 27.7 Å². The SMILES string of the molecule is Cc1cc(C(F)(F)c2nnc3ccc(-c4cnn(C)c4)nn23)cc2cccnc12. The molecule has 0 atom stereocenters. The number of alkyl halides is 2. The molecule has 5 aromatic rings. The monoisotopic (exact) mass is 391 g/mol. The normalized spacial score (nSPS) is 12.1. The van der Waals surface area contributed by atoms with Crippen molar-refractivity contribution in [3.63, 3.8) is 0 Å². The summed E-state index contributed by atoms with van der Waals surface area (Å²) < 4.78 is 33.7. The first kappa shape index (κ1) is 17.4. The minimum Gasteiger partial charge on any atom is -0.275 e. The van der Waals surface area contributed by atoms with Crippen molar-refractivity contribution in [3.8, 4) is 11.3 Å².